The fraction of sp³-hybridized carbons (Fsp3) is 1.00. The molecule has 3 nitrogen and oxygen atoms in total. The summed E-state index contributed by atoms with van der Waals surface area (Å²) in [4.78, 5) is 0. The molecule has 5 heteroatoms. The van der Waals surface area contributed by atoms with Crippen LogP contribution >= 0.6 is 11.6 Å². The average Bonchev–Trinajstić information content (AvgIpc) is 2.90. The third-order valence-electron chi connectivity index (χ3n) is 4.57. The van der Waals surface area contributed by atoms with E-state index in [0.29, 0.717) is 24.1 Å². The summed E-state index contributed by atoms with van der Waals surface area (Å²) in [7, 11) is -3.12. The van der Waals surface area contributed by atoms with Crippen molar-refractivity contribution in [1.29, 1.82) is 0 Å². The number of hydrogen-bond donors (Lipinski definition) is 0. The lowest BCUT2D eigenvalue weighted by molar-refractivity contribution is 0.324. The highest BCUT2D eigenvalue weighted by Gasteiger charge is 2.33. The molecule has 19 heavy (non-hydrogen) atoms. The first-order valence-electron chi connectivity index (χ1n) is 7.69. The maximum Gasteiger partial charge on any atom is 0.214 e. The second-order valence-electron chi connectivity index (χ2n) is 6.02. The quantitative estimate of drug-likeness (QED) is 0.705. The minimum Gasteiger partial charge on any atom is -0.212 e. The lowest BCUT2D eigenvalue weighted by atomic mass is 9.91. The molecule has 0 aromatic heterocycles. The van der Waals surface area contributed by atoms with Gasteiger partial charge in [-0.25, -0.2) is 8.42 Å². The van der Waals surface area contributed by atoms with Crippen LogP contribution in [0.4, 0.5) is 0 Å². The van der Waals surface area contributed by atoms with Gasteiger partial charge in [-0.2, -0.15) is 4.31 Å². The molecule has 2 rings (SSSR count). The first kappa shape index (κ1) is 15.6. The van der Waals surface area contributed by atoms with Crippen LogP contribution < -0.4 is 0 Å². The fourth-order valence-corrected chi connectivity index (χ4v) is 6.01. The van der Waals surface area contributed by atoms with Gasteiger partial charge in [0.2, 0.25) is 10.0 Å². The molecule has 0 atom stereocenters. The predicted molar refractivity (Wildman–Crippen MR) is 80.0 cm³/mol. The van der Waals surface area contributed by atoms with Crippen LogP contribution in [-0.2, 0) is 10.0 Å². The Morgan fingerprint density at radius 1 is 0.947 bits per heavy atom. The van der Waals surface area contributed by atoms with E-state index in [9.17, 15) is 8.42 Å². The van der Waals surface area contributed by atoms with Gasteiger partial charge >= 0.3 is 0 Å². The van der Waals surface area contributed by atoms with Gasteiger partial charge in [-0.1, -0.05) is 32.1 Å². The Morgan fingerprint density at radius 2 is 1.53 bits per heavy atom. The Balaban J connectivity index is 2.00. The van der Waals surface area contributed by atoms with Crippen LogP contribution in [0.15, 0.2) is 0 Å². The van der Waals surface area contributed by atoms with Crippen LogP contribution in [0.5, 0.6) is 0 Å². The van der Waals surface area contributed by atoms with Crippen LogP contribution in [0.25, 0.3) is 0 Å². The van der Waals surface area contributed by atoms with Crippen molar-refractivity contribution in [2.24, 2.45) is 5.92 Å². The highest BCUT2D eigenvalue weighted by Crippen LogP contribution is 2.29. The Bertz CT molecular complexity index is 360. The molecule has 0 heterocycles. The third kappa shape index (κ3) is 4.33. The minimum absolute atomic E-state index is 0.215. The van der Waals surface area contributed by atoms with Gasteiger partial charge in [-0.3, -0.25) is 0 Å². The molecule has 2 aliphatic rings. The van der Waals surface area contributed by atoms with Crippen molar-refractivity contribution in [3.05, 3.63) is 0 Å². The molecule has 0 saturated heterocycles. The van der Waals surface area contributed by atoms with E-state index in [-0.39, 0.29) is 6.04 Å². The van der Waals surface area contributed by atoms with E-state index in [1.165, 1.54) is 19.3 Å². The molecule has 0 N–H and O–H groups in total. The maximum atomic E-state index is 12.6. The third-order valence-corrected chi connectivity index (χ3v) is 6.82. The molecule has 0 aromatic rings. The smallest absolute Gasteiger partial charge is 0.212 e. The predicted octanol–water partition coefficient (Wildman–Crippen LogP) is 3.38. The maximum absolute atomic E-state index is 12.6. The molecule has 0 amide bonds. The summed E-state index contributed by atoms with van der Waals surface area (Å²) in [6, 6.07) is 0.215. The summed E-state index contributed by atoms with van der Waals surface area (Å²) in [5.41, 5.74) is 0. The van der Waals surface area contributed by atoms with Gasteiger partial charge in [-0.15, -0.1) is 11.6 Å². The average molecular weight is 308 g/mol. The van der Waals surface area contributed by atoms with Crippen molar-refractivity contribution in [2.75, 3.05) is 18.2 Å². The Hall–Kier alpha value is 0.200. The molecule has 0 radical (unpaired) electrons. The van der Waals surface area contributed by atoms with Crippen molar-refractivity contribution in [3.8, 4) is 0 Å². The van der Waals surface area contributed by atoms with Gasteiger partial charge in [0.15, 0.2) is 0 Å². The van der Waals surface area contributed by atoms with Gasteiger partial charge in [0.25, 0.3) is 0 Å². The van der Waals surface area contributed by atoms with E-state index in [0.717, 1.165) is 38.5 Å². The molecule has 2 aliphatic carbocycles. The summed E-state index contributed by atoms with van der Waals surface area (Å²) >= 11 is 5.82. The van der Waals surface area contributed by atoms with Crippen molar-refractivity contribution < 1.29 is 8.42 Å². The number of alkyl halides is 1. The first-order valence-corrected chi connectivity index (χ1v) is 9.83. The minimum atomic E-state index is -3.12. The standard InChI is InChI=1S/C14H26ClNO2S/c15-10-11-16(14-8-4-5-9-14)19(17,18)12-13-6-2-1-3-7-13/h13-14H,1-12H2. The number of rotatable bonds is 6. The van der Waals surface area contributed by atoms with Crippen LogP contribution in [0.1, 0.15) is 57.8 Å². The monoisotopic (exact) mass is 307 g/mol. The molecule has 0 unspecified atom stereocenters. The lowest BCUT2D eigenvalue weighted by Crippen LogP contribution is -2.42. The van der Waals surface area contributed by atoms with Crippen molar-refractivity contribution in [1.82, 2.24) is 4.31 Å². The zero-order valence-corrected chi connectivity index (χ0v) is 13.3. The molecule has 0 aromatic carbocycles. The summed E-state index contributed by atoms with van der Waals surface area (Å²) in [5.74, 6) is 1.12. The van der Waals surface area contributed by atoms with Crippen LogP contribution in [0.3, 0.4) is 0 Å². The topological polar surface area (TPSA) is 37.4 Å². The van der Waals surface area contributed by atoms with E-state index in [1.54, 1.807) is 4.31 Å². The van der Waals surface area contributed by atoms with E-state index in [1.807, 2.05) is 0 Å². The molecule has 0 bridgehead atoms. The lowest BCUT2D eigenvalue weighted by Gasteiger charge is -2.30. The number of hydrogen-bond acceptors (Lipinski definition) is 2. The first-order chi connectivity index (χ1) is 9.13. The Morgan fingerprint density at radius 3 is 2.11 bits per heavy atom. The van der Waals surface area contributed by atoms with Crippen molar-refractivity contribution in [3.63, 3.8) is 0 Å². The van der Waals surface area contributed by atoms with Gasteiger partial charge in [0.1, 0.15) is 0 Å². The Labute approximate surface area is 122 Å². The zero-order valence-electron chi connectivity index (χ0n) is 11.7. The molecule has 0 spiro atoms. The summed E-state index contributed by atoms with van der Waals surface area (Å²) in [5, 5.41) is 0. The highest BCUT2D eigenvalue weighted by atomic mass is 35.5. The van der Waals surface area contributed by atoms with Gasteiger partial charge in [0, 0.05) is 18.5 Å². The molecular weight excluding hydrogens is 282 g/mol. The van der Waals surface area contributed by atoms with E-state index in [4.69, 9.17) is 11.6 Å². The normalized spacial score (nSPS) is 23.3. The van der Waals surface area contributed by atoms with E-state index in [2.05, 4.69) is 0 Å². The fourth-order valence-electron chi connectivity index (χ4n) is 3.57. The van der Waals surface area contributed by atoms with Crippen LogP contribution in [0.2, 0.25) is 0 Å². The van der Waals surface area contributed by atoms with E-state index < -0.39 is 10.0 Å². The summed E-state index contributed by atoms with van der Waals surface area (Å²) in [6.45, 7) is 0.487. The SMILES string of the molecule is O=S(=O)(CC1CCCCC1)N(CCCl)C1CCCC1. The summed E-state index contributed by atoms with van der Waals surface area (Å²) in [6.07, 6.45) is 10.2. The Kier molecular flexibility index (Phi) is 5.97. The summed E-state index contributed by atoms with van der Waals surface area (Å²) < 4.78 is 27.0. The van der Waals surface area contributed by atoms with Gasteiger partial charge < -0.3 is 0 Å². The van der Waals surface area contributed by atoms with E-state index >= 15 is 0 Å². The second kappa shape index (κ2) is 7.28. The number of sulfonamides is 1. The van der Waals surface area contributed by atoms with Crippen LogP contribution in [-0.4, -0.2) is 36.9 Å². The number of halogens is 1. The van der Waals surface area contributed by atoms with Gasteiger partial charge in [-0.05, 0) is 31.6 Å². The highest BCUT2D eigenvalue weighted by molar-refractivity contribution is 7.89. The molecular formula is C14H26ClNO2S. The van der Waals surface area contributed by atoms with Crippen molar-refractivity contribution >= 4 is 21.6 Å². The molecule has 112 valence electrons. The molecule has 0 aliphatic heterocycles. The number of nitrogens with zero attached hydrogens (tertiary/aromatic N) is 1. The molecule has 2 saturated carbocycles. The molecule has 2 fully saturated rings. The zero-order chi connectivity index (χ0) is 13.7. The van der Waals surface area contributed by atoms with Crippen molar-refractivity contribution in [2.45, 2.75) is 63.8 Å². The van der Waals surface area contributed by atoms with Crippen LogP contribution in [0, 0.1) is 5.92 Å². The van der Waals surface area contributed by atoms with Gasteiger partial charge in [0.05, 0.1) is 5.75 Å². The largest absolute Gasteiger partial charge is 0.214 e. The second-order valence-corrected chi connectivity index (χ2v) is 8.36.